The zero-order valence-electron chi connectivity index (χ0n) is 11.9. The zero-order valence-corrected chi connectivity index (χ0v) is 12.7. The maximum absolute atomic E-state index is 10.8. The van der Waals surface area contributed by atoms with Crippen molar-refractivity contribution in [3.8, 4) is 0 Å². The number of para-hydroxylation sites is 1. The summed E-state index contributed by atoms with van der Waals surface area (Å²) < 4.78 is 2.11. The van der Waals surface area contributed by atoms with E-state index in [0.29, 0.717) is 11.4 Å². The van der Waals surface area contributed by atoms with Crippen molar-refractivity contribution in [2.24, 2.45) is 5.92 Å². The molecule has 2 rings (SSSR count). The number of hydrogen-bond donors (Lipinski definition) is 1. The molecular formula is C15H19ClN2O2. The third-order valence-electron chi connectivity index (χ3n) is 3.30. The van der Waals surface area contributed by atoms with E-state index < -0.39 is 5.97 Å². The van der Waals surface area contributed by atoms with Crippen molar-refractivity contribution < 1.29 is 9.90 Å². The Kier molecular flexibility index (Phi) is 4.33. The van der Waals surface area contributed by atoms with Gasteiger partial charge in [0, 0.05) is 18.9 Å². The average Bonchev–Trinajstić information content (AvgIpc) is 2.67. The highest BCUT2D eigenvalue weighted by Crippen LogP contribution is 2.29. The van der Waals surface area contributed by atoms with Crippen molar-refractivity contribution in [3.05, 3.63) is 29.0 Å². The Hall–Kier alpha value is -1.55. The Morgan fingerprint density at radius 2 is 2.10 bits per heavy atom. The first-order valence-electron chi connectivity index (χ1n) is 6.77. The second-order valence-corrected chi connectivity index (χ2v) is 5.91. The third-order valence-corrected chi connectivity index (χ3v) is 3.61. The second-order valence-electron chi connectivity index (χ2n) is 5.51. The monoisotopic (exact) mass is 294 g/mol. The smallest absolute Gasteiger partial charge is 0.303 e. The van der Waals surface area contributed by atoms with Crippen molar-refractivity contribution in [2.75, 3.05) is 0 Å². The molecule has 0 fully saturated rings. The van der Waals surface area contributed by atoms with Gasteiger partial charge in [-0.2, -0.15) is 0 Å². The molecule has 0 spiro atoms. The van der Waals surface area contributed by atoms with Crippen LogP contribution in [0.4, 0.5) is 0 Å². The number of imidazole rings is 1. The number of hydrogen-bond acceptors (Lipinski definition) is 2. The summed E-state index contributed by atoms with van der Waals surface area (Å²) in [6.45, 7) is 6.09. The topological polar surface area (TPSA) is 55.1 Å². The van der Waals surface area contributed by atoms with Crippen LogP contribution in [0.2, 0.25) is 5.02 Å². The minimum Gasteiger partial charge on any atom is -0.481 e. The van der Waals surface area contributed by atoms with Gasteiger partial charge in [0.1, 0.15) is 5.82 Å². The summed E-state index contributed by atoms with van der Waals surface area (Å²) in [5.74, 6) is 0.167. The number of aromatic nitrogens is 2. The number of fused-ring (bicyclic) bond motifs is 1. The molecule has 108 valence electrons. The fraction of sp³-hybridized carbons (Fsp3) is 0.467. The van der Waals surface area contributed by atoms with E-state index in [2.05, 4.69) is 23.4 Å². The molecule has 4 nitrogen and oxygen atoms in total. The standard InChI is InChI=1S/C15H19ClN2O2/c1-9(2)18-13(7-10(3)8-14(19)20)17-12-6-4-5-11(16)15(12)18/h4-6,9-10H,7-8H2,1-3H3,(H,19,20). The van der Waals surface area contributed by atoms with Crippen LogP contribution in [0.3, 0.4) is 0 Å². The highest BCUT2D eigenvalue weighted by molar-refractivity contribution is 6.35. The van der Waals surface area contributed by atoms with Gasteiger partial charge in [0.05, 0.1) is 16.1 Å². The lowest BCUT2D eigenvalue weighted by molar-refractivity contribution is -0.137. The summed E-state index contributed by atoms with van der Waals surface area (Å²) in [7, 11) is 0. The van der Waals surface area contributed by atoms with Crippen molar-refractivity contribution in [3.63, 3.8) is 0 Å². The van der Waals surface area contributed by atoms with E-state index in [1.54, 1.807) is 0 Å². The molecule has 1 heterocycles. The van der Waals surface area contributed by atoms with Crippen LogP contribution >= 0.6 is 11.6 Å². The maximum Gasteiger partial charge on any atom is 0.303 e. The van der Waals surface area contributed by atoms with E-state index in [0.717, 1.165) is 16.9 Å². The van der Waals surface area contributed by atoms with Gasteiger partial charge in [-0.15, -0.1) is 0 Å². The van der Waals surface area contributed by atoms with Crippen molar-refractivity contribution in [2.45, 2.75) is 39.7 Å². The molecule has 1 aromatic heterocycles. The molecule has 2 aromatic rings. The van der Waals surface area contributed by atoms with Crippen LogP contribution in [0.1, 0.15) is 39.1 Å². The summed E-state index contributed by atoms with van der Waals surface area (Å²) in [6, 6.07) is 5.90. The summed E-state index contributed by atoms with van der Waals surface area (Å²) in [6.07, 6.45) is 0.782. The number of nitrogens with zero attached hydrogens (tertiary/aromatic N) is 2. The van der Waals surface area contributed by atoms with Crippen LogP contribution in [0.15, 0.2) is 18.2 Å². The molecular weight excluding hydrogens is 276 g/mol. The lowest BCUT2D eigenvalue weighted by Gasteiger charge is -2.15. The van der Waals surface area contributed by atoms with E-state index in [4.69, 9.17) is 16.7 Å². The molecule has 0 aliphatic rings. The van der Waals surface area contributed by atoms with Gasteiger partial charge < -0.3 is 9.67 Å². The van der Waals surface area contributed by atoms with Crippen LogP contribution in [-0.4, -0.2) is 20.6 Å². The largest absolute Gasteiger partial charge is 0.481 e. The first kappa shape index (κ1) is 14.9. The molecule has 1 N–H and O–H groups in total. The van der Waals surface area contributed by atoms with Gasteiger partial charge in [0.15, 0.2) is 0 Å². The SMILES string of the molecule is CC(CC(=O)O)Cc1nc2cccc(Cl)c2n1C(C)C. The fourth-order valence-corrected chi connectivity index (χ4v) is 2.80. The molecule has 0 amide bonds. The van der Waals surface area contributed by atoms with Crippen molar-refractivity contribution in [1.82, 2.24) is 9.55 Å². The average molecular weight is 295 g/mol. The number of halogens is 1. The molecule has 1 unspecified atom stereocenters. The van der Waals surface area contributed by atoms with Crippen molar-refractivity contribution >= 4 is 28.6 Å². The summed E-state index contributed by atoms with van der Waals surface area (Å²) in [5, 5.41) is 9.56. The van der Waals surface area contributed by atoms with Gasteiger partial charge in [-0.3, -0.25) is 4.79 Å². The van der Waals surface area contributed by atoms with Crippen LogP contribution in [0, 0.1) is 5.92 Å². The normalized spacial score (nSPS) is 13.1. The molecule has 0 saturated carbocycles. The highest BCUT2D eigenvalue weighted by Gasteiger charge is 2.18. The van der Waals surface area contributed by atoms with Crippen LogP contribution in [-0.2, 0) is 11.2 Å². The first-order valence-corrected chi connectivity index (χ1v) is 7.15. The van der Waals surface area contributed by atoms with E-state index >= 15 is 0 Å². The Morgan fingerprint density at radius 1 is 1.40 bits per heavy atom. The molecule has 5 heteroatoms. The van der Waals surface area contributed by atoms with Crippen LogP contribution in [0.5, 0.6) is 0 Å². The molecule has 0 bridgehead atoms. The molecule has 1 aromatic carbocycles. The predicted octanol–water partition coefficient (Wildman–Crippen LogP) is 3.92. The fourth-order valence-electron chi connectivity index (χ4n) is 2.54. The maximum atomic E-state index is 10.8. The van der Waals surface area contributed by atoms with Gasteiger partial charge in [-0.05, 0) is 31.9 Å². The second kappa shape index (κ2) is 5.83. The van der Waals surface area contributed by atoms with E-state index in [9.17, 15) is 4.79 Å². The van der Waals surface area contributed by atoms with Gasteiger partial charge >= 0.3 is 5.97 Å². The number of aliphatic carboxylic acids is 1. The number of rotatable bonds is 5. The van der Waals surface area contributed by atoms with Gasteiger partial charge in [-0.25, -0.2) is 4.98 Å². The molecule has 0 saturated heterocycles. The van der Waals surface area contributed by atoms with Crippen molar-refractivity contribution in [1.29, 1.82) is 0 Å². The third kappa shape index (κ3) is 2.96. The van der Waals surface area contributed by atoms with Crippen LogP contribution in [0.25, 0.3) is 11.0 Å². The summed E-state index contributed by atoms with van der Waals surface area (Å²) >= 11 is 6.29. The van der Waals surface area contributed by atoms with E-state index in [1.807, 2.05) is 25.1 Å². The number of carboxylic acid groups (broad SMARTS) is 1. The lowest BCUT2D eigenvalue weighted by Crippen LogP contribution is -2.13. The zero-order chi connectivity index (χ0) is 14.9. The Balaban J connectivity index is 2.45. The van der Waals surface area contributed by atoms with Gasteiger partial charge in [0.25, 0.3) is 0 Å². The molecule has 1 atom stereocenters. The van der Waals surface area contributed by atoms with Gasteiger partial charge in [0.2, 0.25) is 0 Å². The minimum atomic E-state index is -0.775. The summed E-state index contributed by atoms with van der Waals surface area (Å²) in [4.78, 5) is 15.4. The predicted molar refractivity (Wildman–Crippen MR) is 80.2 cm³/mol. The Bertz CT molecular complexity index is 634. The molecule has 0 radical (unpaired) electrons. The van der Waals surface area contributed by atoms with Gasteiger partial charge in [-0.1, -0.05) is 24.6 Å². The quantitative estimate of drug-likeness (QED) is 0.909. The molecule has 0 aliphatic carbocycles. The highest BCUT2D eigenvalue weighted by atomic mass is 35.5. The lowest BCUT2D eigenvalue weighted by atomic mass is 10.0. The Labute approximate surface area is 123 Å². The van der Waals surface area contributed by atoms with E-state index in [1.165, 1.54) is 0 Å². The summed E-state index contributed by atoms with van der Waals surface area (Å²) in [5.41, 5.74) is 1.80. The molecule has 0 aliphatic heterocycles. The molecule has 20 heavy (non-hydrogen) atoms. The van der Waals surface area contributed by atoms with E-state index in [-0.39, 0.29) is 18.4 Å². The Morgan fingerprint density at radius 3 is 2.70 bits per heavy atom. The number of carboxylic acids is 1. The first-order chi connectivity index (χ1) is 9.40. The minimum absolute atomic E-state index is 0.0422. The number of benzene rings is 1. The van der Waals surface area contributed by atoms with Crippen LogP contribution < -0.4 is 0 Å². The number of carbonyl (C=O) groups is 1.